The Morgan fingerprint density at radius 2 is 1.57 bits per heavy atom. The van der Waals surface area contributed by atoms with Gasteiger partial charge in [0, 0.05) is 11.3 Å². The molecule has 7 unspecified atom stereocenters. The predicted octanol–water partition coefficient (Wildman–Crippen LogP) is 6.40. The van der Waals surface area contributed by atoms with Crippen LogP contribution in [0.15, 0.2) is 12.3 Å². The van der Waals surface area contributed by atoms with Gasteiger partial charge in [-0.2, -0.15) is 0 Å². The van der Waals surface area contributed by atoms with Gasteiger partial charge in [0.05, 0.1) is 30.6 Å². The number of esters is 3. The van der Waals surface area contributed by atoms with Gasteiger partial charge in [0.25, 0.3) is 0 Å². The number of rotatable bonds is 12. The Morgan fingerprint density at radius 3 is 2.00 bits per heavy atom. The zero-order valence-corrected chi connectivity index (χ0v) is 24.5. The Balaban J connectivity index is 2.19. The second-order valence-corrected chi connectivity index (χ2v) is 13.2. The van der Waals surface area contributed by atoms with Crippen LogP contribution in [-0.2, 0) is 28.6 Å². The van der Waals surface area contributed by atoms with Crippen molar-refractivity contribution in [3.8, 4) is 0 Å². The van der Waals surface area contributed by atoms with Gasteiger partial charge in [0.1, 0.15) is 11.7 Å². The second-order valence-electron chi connectivity index (χ2n) is 13.2. The number of carbonyl (C=O) groups excluding carboxylic acids is 3. The van der Waals surface area contributed by atoms with Crippen molar-refractivity contribution in [1.29, 1.82) is 0 Å². The summed E-state index contributed by atoms with van der Waals surface area (Å²) in [5.74, 6) is -2.87. The summed E-state index contributed by atoms with van der Waals surface area (Å²) in [6.45, 7) is 19.4. The smallest absolute Gasteiger partial charge is 0.309 e. The molecule has 2 aliphatic rings. The summed E-state index contributed by atoms with van der Waals surface area (Å²) in [4.78, 5) is 39.3. The number of hydrogen-bond acceptors (Lipinski definition) is 7. The number of ether oxygens (including phenoxy) is 3. The van der Waals surface area contributed by atoms with E-state index in [-0.39, 0.29) is 53.8 Å². The first kappa shape index (κ1) is 31.2. The fourth-order valence-electron chi connectivity index (χ4n) is 6.35. The molecule has 0 radical (unpaired) electrons. The lowest BCUT2D eigenvalue weighted by Crippen LogP contribution is -2.40. The number of allylic oxidation sites excluding steroid dienone is 1. The molecule has 2 fully saturated rings. The maximum atomic E-state index is 13.4. The van der Waals surface area contributed by atoms with Crippen molar-refractivity contribution in [3.05, 3.63) is 12.3 Å². The molecule has 2 bridgehead atoms. The maximum absolute atomic E-state index is 13.4. The monoisotopic (exact) mass is 522 g/mol. The van der Waals surface area contributed by atoms with Gasteiger partial charge in [0.2, 0.25) is 0 Å². The second kappa shape index (κ2) is 11.8. The lowest BCUT2D eigenvalue weighted by molar-refractivity contribution is -0.164. The Hall–Kier alpha value is -2.05. The van der Waals surface area contributed by atoms with Crippen molar-refractivity contribution >= 4 is 17.9 Å². The summed E-state index contributed by atoms with van der Waals surface area (Å²) in [6.07, 6.45) is 4.16. The van der Waals surface area contributed by atoms with Crippen molar-refractivity contribution in [2.75, 3.05) is 7.11 Å². The predicted molar refractivity (Wildman–Crippen MR) is 143 cm³/mol. The van der Waals surface area contributed by atoms with Crippen LogP contribution in [0, 0.1) is 40.4 Å². The fourth-order valence-corrected chi connectivity index (χ4v) is 6.35. The number of fused-ring (bicyclic) bond motifs is 2. The number of methoxy groups -OCH3 is 1. The Bertz CT molecular complexity index is 854. The zero-order chi connectivity index (χ0) is 28.3. The van der Waals surface area contributed by atoms with E-state index in [1.54, 1.807) is 27.7 Å². The molecule has 2 saturated carbocycles. The normalized spacial score (nSPS) is 27.6. The zero-order valence-electron chi connectivity index (χ0n) is 24.5. The number of aliphatic hydroxyl groups is 1. The molecule has 7 nitrogen and oxygen atoms in total. The van der Waals surface area contributed by atoms with E-state index < -0.39 is 35.3 Å². The third-order valence-corrected chi connectivity index (χ3v) is 9.42. The van der Waals surface area contributed by atoms with Crippen molar-refractivity contribution in [1.82, 2.24) is 0 Å². The average Bonchev–Trinajstić information content (AvgIpc) is 3.12. The van der Waals surface area contributed by atoms with Crippen LogP contribution in [0.4, 0.5) is 0 Å². The fraction of sp³-hybridized carbons (Fsp3) is 0.833. The minimum atomic E-state index is -0.699. The number of carbonyl (C=O) groups is 3. The van der Waals surface area contributed by atoms with E-state index in [9.17, 15) is 19.5 Å². The van der Waals surface area contributed by atoms with E-state index in [4.69, 9.17) is 14.2 Å². The van der Waals surface area contributed by atoms with E-state index in [1.807, 2.05) is 6.92 Å². The lowest BCUT2D eigenvalue weighted by Gasteiger charge is -2.39. The maximum Gasteiger partial charge on any atom is 0.309 e. The van der Waals surface area contributed by atoms with Crippen molar-refractivity contribution in [2.45, 2.75) is 112 Å². The molecule has 0 aliphatic heterocycles. The topological polar surface area (TPSA) is 99.1 Å². The molecular formula is C30H50O7. The molecule has 37 heavy (non-hydrogen) atoms. The molecule has 0 aromatic heterocycles. The van der Waals surface area contributed by atoms with Crippen LogP contribution in [0.5, 0.6) is 0 Å². The highest BCUT2D eigenvalue weighted by Crippen LogP contribution is 2.66. The van der Waals surface area contributed by atoms with E-state index >= 15 is 0 Å². The third kappa shape index (κ3) is 7.08. The summed E-state index contributed by atoms with van der Waals surface area (Å²) in [7, 11) is 1.31. The van der Waals surface area contributed by atoms with Crippen molar-refractivity contribution in [2.24, 2.45) is 40.4 Å². The van der Waals surface area contributed by atoms with E-state index in [1.165, 1.54) is 13.5 Å². The van der Waals surface area contributed by atoms with Crippen molar-refractivity contribution in [3.63, 3.8) is 0 Å². The lowest BCUT2D eigenvalue weighted by atomic mass is 9.70. The highest BCUT2D eigenvalue weighted by molar-refractivity contribution is 5.78. The number of hydrogen-bond donors (Lipinski definition) is 1. The molecule has 1 N–H and O–H groups in total. The van der Waals surface area contributed by atoms with Crippen LogP contribution in [0.25, 0.3) is 0 Å². The molecule has 0 saturated heterocycles. The first-order valence-corrected chi connectivity index (χ1v) is 13.9. The third-order valence-electron chi connectivity index (χ3n) is 9.42. The van der Waals surface area contributed by atoms with Gasteiger partial charge in [-0.25, -0.2) is 0 Å². The molecule has 2 rings (SSSR count). The summed E-state index contributed by atoms with van der Waals surface area (Å²) in [5.41, 5.74) is -0.615. The van der Waals surface area contributed by atoms with Gasteiger partial charge < -0.3 is 19.3 Å². The van der Waals surface area contributed by atoms with Gasteiger partial charge in [0.15, 0.2) is 0 Å². The Labute approximate surface area is 223 Å². The van der Waals surface area contributed by atoms with Crippen LogP contribution < -0.4 is 0 Å². The molecule has 0 spiro atoms. The summed E-state index contributed by atoms with van der Waals surface area (Å²) < 4.78 is 16.8. The molecule has 0 aromatic carbocycles. The molecule has 0 heterocycles. The van der Waals surface area contributed by atoms with Gasteiger partial charge in [-0.3, -0.25) is 14.4 Å². The average molecular weight is 523 g/mol. The van der Waals surface area contributed by atoms with Crippen LogP contribution in [-0.4, -0.2) is 41.8 Å². The van der Waals surface area contributed by atoms with Crippen LogP contribution in [0.2, 0.25) is 0 Å². The Morgan fingerprint density at radius 1 is 1.00 bits per heavy atom. The van der Waals surface area contributed by atoms with Crippen LogP contribution in [0.1, 0.15) is 100 Å². The van der Waals surface area contributed by atoms with E-state index in [2.05, 4.69) is 27.4 Å². The highest BCUT2D eigenvalue weighted by Gasteiger charge is 2.63. The van der Waals surface area contributed by atoms with Crippen LogP contribution >= 0.6 is 0 Å². The highest BCUT2D eigenvalue weighted by atomic mass is 16.6. The first-order chi connectivity index (χ1) is 17.0. The SMILES string of the molecule is C=C(O)C(C)CC(CC(CC(CC)C(=O)OC1CC2CCC1(C)C2(C)C)C(=O)OC)C(=O)OC(C)(C)C. The molecular weight excluding hydrogens is 472 g/mol. The summed E-state index contributed by atoms with van der Waals surface area (Å²) in [6, 6.07) is 0. The van der Waals surface area contributed by atoms with E-state index in [0.29, 0.717) is 12.3 Å². The summed E-state index contributed by atoms with van der Waals surface area (Å²) >= 11 is 0. The standard InChI is InChI=1S/C30H50O7/c1-11-20(26(33)36-24-17-23-12-13-30(24,9)29(23,7)8)15-22(25(32)35-10)16-21(14-18(2)19(3)31)27(34)37-28(4,5)6/h18,20-24,31H,3,11-17H2,1-2,4-10H3. The molecule has 0 aromatic rings. The molecule has 212 valence electrons. The minimum Gasteiger partial charge on any atom is -0.513 e. The molecule has 0 amide bonds. The quantitative estimate of drug-likeness (QED) is 0.180. The van der Waals surface area contributed by atoms with Gasteiger partial charge in [-0.15, -0.1) is 0 Å². The number of aliphatic hydroxyl groups excluding tert-OH is 1. The Kier molecular flexibility index (Phi) is 9.92. The van der Waals surface area contributed by atoms with Gasteiger partial charge >= 0.3 is 17.9 Å². The largest absolute Gasteiger partial charge is 0.513 e. The molecule has 2 aliphatic carbocycles. The first-order valence-electron chi connectivity index (χ1n) is 13.9. The van der Waals surface area contributed by atoms with Gasteiger partial charge in [-0.05, 0) is 77.0 Å². The van der Waals surface area contributed by atoms with Crippen LogP contribution in [0.3, 0.4) is 0 Å². The van der Waals surface area contributed by atoms with Crippen molar-refractivity contribution < 1.29 is 33.7 Å². The summed E-state index contributed by atoms with van der Waals surface area (Å²) in [5, 5.41) is 9.87. The van der Waals surface area contributed by atoms with Gasteiger partial charge in [-0.1, -0.05) is 41.2 Å². The van der Waals surface area contributed by atoms with E-state index in [0.717, 1.165) is 12.8 Å². The minimum absolute atomic E-state index is 0.0273. The molecule has 7 heteroatoms. The molecule has 7 atom stereocenters.